The van der Waals surface area contributed by atoms with Crippen LogP contribution in [0.4, 0.5) is 0 Å². The molecule has 16 heavy (non-hydrogen) atoms. The van der Waals surface area contributed by atoms with Gasteiger partial charge in [0.1, 0.15) is 6.10 Å². The van der Waals surface area contributed by atoms with Crippen LogP contribution in [-0.2, 0) is 9.53 Å². The topological polar surface area (TPSA) is 26.3 Å². The molecule has 3 heteroatoms. The minimum absolute atomic E-state index is 0.432. The van der Waals surface area contributed by atoms with Crippen LogP contribution in [0.15, 0.2) is 29.2 Å². The van der Waals surface area contributed by atoms with Crippen LogP contribution in [-0.4, -0.2) is 19.1 Å². The second-order valence-corrected chi connectivity index (χ2v) is 4.94. The normalized spacial score (nSPS) is 12.8. The van der Waals surface area contributed by atoms with Crippen LogP contribution in [0.1, 0.15) is 25.5 Å². The Bertz CT molecular complexity index is 319. The molecule has 0 bridgehead atoms. The number of carbonyl (C=O) groups is 1. The fourth-order valence-corrected chi connectivity index (χ4v) is 1.71. The number of benzene rings is 1. The van der Waals surface area contributed by atoms with Crippen molar-refractivity contribution >= 4 is 18.0 Å². The van der Waals surface area contributed by atoms with E-state index in [1.807, 2.05) is 30.5 Å². The highest BCUT2D eigenvalue weighted by Gasteiger charge is 2.11. The minimum atomic E-state index is -0.432. The van der Waals surface area contributed by atoms with Crippen LogP contribution >= 0.6 is 11.8 Å². The van der Waals surface area contributed by atoms with Gasteiger partial charge in [0.2, 0.25) is 0 Å². The van der Waals surface area contributed by atoms with E-state index < -0.39 is 6.10 Å². The van der Waals surface area contributed by atoms with Crippen LogP contribution in [0.3, 0.4) is 0 Å². The molecule has 88 valence electrons. The number of hydrogen-bond acceptors (Lipinski definition) is 3. The molecule has 2 nitrogen and oxygen atoms in total. The predicted molar refractivity (Wildman–Crippen MR) is 67.8 cm³/mol. The van der Waals surface area contributed by atoms with E-state index in [1.165, 1.54) is 4.90 Å². The molecular formula is C13H18O2S. The monoisotopic (exact) mass is 238 g/mol. The third-order valence-corrected chi connectivity index (χ3v) is 2.92. The predicted octanol–water partition coefficient (Wildman–Crippen LogP) is 3.32. The van der Waals surface area contributed by atoms with Gasteiger partial charge in [-0.05, 0) is 29.9 Å². The van der Waals surface area contributed by atoms with Gasteiger partial charge < -0.3 is 9.53 Å². The minimum Gasteiger partial charge on any atom is -0.366 e. The van der Waals surface area contributed by atoms with Crippen LogP contribution in [0, 0.1) is 5.92 Å². The number of thioether (sulfide) groups is 1. The molecule has 0 N–H and O–H groups in total. The SMILES string of the molecule is CSc1ccc(C(C=O)OCC(C)C)cc1. The molecule has 0 heterocycles. The average molecular weight is 238 g/mol. The molecule has 0 aliphatic carbocycles. The highest BCUT2D eigenvalue weighted by molar-refractivity contribution is 7.98. The molecule has 0 amide bonds. The third kappa shape index (κ3) is 3.99. The van der Waals surface area contributed by atoms with E-state index >= 15 is 0 Å². The maximum Gasteiger partial charge on any atom is 0.153 e. The lowest BCUT2D eigenvalue weighted by molar-refractivity contribution is -0.119. The molecule has 1 aromatic carbocycles. The molecule has 0 radical (unpaired) electrons. The van der Waals surface area contributed by atoms with Crippen molar-refractivity contribution < 1.29 is 9.53 Å². The van der Waals surface area contributed by atoms with Crippen molar-refractivity contribution in [3.05, 3.63) is 29.8 Å². The molecule has 0 saturated heterocycles. The van der Waals surface area contributed by atoms with Crippen molar-refractivity contribution in [3.8, 4) is 0 Å². The number of rotatable bonds is 6. The zero-order valence-electron chi connectivity index (χ0n) is 9.97. The highest BCUT2D eigenvalue weighted by atomic mass is 32.2. The second kappa shape index (κ2) is 6.71. The molecule has 0 aromatic heterocycles. The lowest BCUT2D eigenvalue weighted by Crippen LogP contribution is -2.10. The van der Waals surface area contributed by atoms with Gasteiger partial charge >= 0.3 is 0 Å². The molecule has 1 aromatic rings. The summed E-state index contributed by atoms with van der Waals surface area (Å²) in [5, 5.41) is 0. The van der Waals surface area contributed by atoms with E-state index in [0.29, 0.717) is 12.5 Å². The van der Waals surface area contributed by atoms with Gasteiger partial charge in [-0.25, -0.2) is 0 Å². The fourth-order valence-electron chi connectivity index (χ4n) is 1.30. The quantitative estimate of drug-likeness (QED) is 0.562. The van der Waals surface area contributed by atoms with Crippen LogP contribution in [0.25, 0.3) is 0 Å². The molecular weight excluding hydrogens is 220 g/mol. The summed E-state index contributed by atoms with van der Waals surface area (Å²) in [6.45, 7) is 4.74. The Morgan fingerprint density at radius 2 is 1.94 bits per heavy atom. The largest absolute Gasteiger partial charge is 0.366 e. The van der Waals surface area contributed by atoms with Gasteiger partial charge in [0.05, 0.1) is 6.61 Å². The van der Waals surface area contributed by atoms with Gasteiger partial charge in [-0.1, -0.05) is 26.0 Å². The summed E-state index contributed by atoms with van der Waals surface area (Å²) >= 11 is 1.69. The summed E-state index contributed by atoms with van der Waals surface area (Å²) in [6, 6.07) is 7.92. The Morgan fingerprint density at radius 1 is 1.31 bits per heavy atom. The van der Waals surface area contributed by atoms with E-state index in [2.05, 4.69) is 13.8 Å². The van der Waals surface area contributed by atoms with Crippen LogP contribution < -0.4 is 0 Å². The molecule has 0 aliphatic rings. The van der Waals surface area contributed by atoms with Crippen molar-refractivity contribution in [2.24, 2.45) is 5.92 Å². The molecule has 0 saturated carbocycles. The Kier molecular flexibility index (Phi) is 5.56. The zero-order valence-corrected chi connectivity index (χ0v) is 10.8. The van der Waals surface area contributed by atoms with Gasteiger partial charge in [-0.2, -0.15) is 0 Å². The van der Waals surface area contributed by atoms with Crippen molar-refractivity contribution in [2.75, 3.05) is 12.9 Å². The van der Waals surface area contributed by atoms with Gasteiger partial charge in [0.25, 0.3) is 0 Å². The first kappa shape index (κ1) is 13.3. The summed E-state index contributed by atoms with van der Waals surface area (Å²) in [5.41, 5.74) is 0.924. The molecule has 0 aliphatic heterocycles. The zero-order chi connectivity index (χ0) is 12.0. The maximum absolute atomic E-state index is 10.9. The molecule has 1 rings (SSSR count). The van der Waals surface area contributed by atoms with Crippen molar-refractivity contribution in [2.45, 2.75) is 24.8 Å². The maximum atomic E-state index is 10.9. The molecule has 0 fully saturated rings. The van der Waals surface area contributed by atoms with Gasteiger partial charge in [-0.15, -0.1) is 11.8 Å². The second-order valence-electron chi connectivity index (χ2n) is 4.06. The van der Waals surface area contributed by atoms with E-state index in [1.54, 1.807) is 11.8 Å². The van der Waals surface area contributed by atoms with Crippen molar-refractivity contribution in [1.82, 2.24) is 0 Å². The highest BCUT2D eigenvalue weighted by Crippen LogP contribution is 2.20. The first-order chi connectivity index (χ1) is 7.67. The first-order valence-corrected chi connectivity index (χ1v) is 6.60. The average Bonchev–Trinajstić information content (AvgIpc) is 2.30. The lowest BCUT2D eigenvalue weighted by atomic mass is 10.1. The van der Waals surface area contributed by atoms with Crippen LogP contribution in [0.2, 0.25) is 0 Å². The van der Waals surface area contributed by atoms with Crippen molar-refractivity contribution in [3.63, 3.8) is 0 Å². The van der Waals surface area contributed by atoms with E-state index in [9.17, 15) is 4.79 Å². The number of aldehydes is 1. The third-order valence-electron chi connectivity index (χ3n) is 2.18. The van der Waals surface area contributed by atoms with Gasteiger partial charge in [0.15, 0.2) is 6.29 Å². The van der Waals surface area contributed by atoms with E-state index in [0.717, 1.165) is 11.8 Å². The summed E-state index contributed by atoms with van der Waals surface area (Å²) in [6.07, 6.45) is 2.45. The Hall–Kier alpha value is -0.800. The standard InChI is InChI=1S/C13H18O2S/c1-10(2)9-15-13(8-14)11-4-6-12(16-3)7-5-11/h4-8,10,13H,9H2,1-3H3. The summed E-state index contributed by atoms with van der Waals surface area (Å²) in [4.78, 5) is 12.1. The Morgan fingerprint density at radius 3 is 2.38 bits per heavy atom. The number of ether oxygens (including phenoxy) is 1. The summed E-state index contributed by atoms with van der Waals surface area (Å²) < 4.78 is 5.54. The molecule has 0 spiro atoms. The first-order valence-electron chi connectivity index (χ1n) is 5.38. The Labute approximate surface area is 101 Å². The summed E-state index contributed by atoms with van der Waals surface area (Å²) in [7, 11) is 0. The van der Waals surface area contributed by atoms with Gasteiger partial charge in [-0.3, -0.25) is 0 Å². The number of carbonyl (C=O) groups excluding carboxylic acids is 1. The van der Waals surface area contributed by atoms with E-state index in [4.69, 9.17) is 4.74 Å². The molecule has 1 unspecified atom stereocenters. The van der Waals surface area contributed by atoms with Gasteiger partial charge in [0, 0.05) is 4.90 Å². The Balaban J connectivity index is 2.67. The number of hydrogen-bond donors (Lipinski definition) is 0. The van der Waals surface area contributed by atoms with Crippen LogP contribution in [0.5, 0.6) is 0 Å². The van der Waals surface area contributed by atoms with E-state index in [-0.39, 0.29) is 0 Å². The lowest BCUT2D eigenvalue weighted by Gasteiger charge is -2.14. The smallest absolute Gasteiger partial charge is 0.153 e. The van der Waals surface area contributed by atoms with Crippen molar-refractivity contribution in [1.29, 1.82) is 0 Å². The fraction of sp³-hybridized carbons (Fsp3) is 0.462. The molecule has 1 atom stereocenters. The summed E-state index contributed by atoms with van der Waals surface area (Å²) in [5.74, 6) is 0.438.